The summed E-state index contributed by atoms with van der Waals surface area (Å²) in [5.41, 5.74) is -0.794. The Kier molecular flexibility index (Phi) is 6.33. The third kappa shape index (κ3) is 4.93. The van der Waals surface area contributed by atoms with Crippen molar-refractivity contribution in [3.63, 3.8) is 0 Å². The lowest BCUT2D eigenvalue weighted by Crippen LogP contribution is -2.50. The third-order valence-electron chi connectivity index (χ3n) is 6.54. The van der Waals surface area contributed by atoms with Crippen LogP contribution in [0.5, 0.6) is 0 Å². The summed E-state index contributed by atoms with van der Waals surface area (Å²) in [4.78, 5) is 44.6. The first-order valence-electron chi connectivity index (χ1n) is 12.4. The van der Waals surface area contributed by atoms with E-state index in [4.69, 9.17) is 4.74 Å². The highest BCUT2D eigenvalue weighted by atomic mass is 19.1. The van der Waals surface area contributed by atoms with Crippen molar-refractivity contribution in [1.82, 2.24) is 24.5 Å². The topological polar surface area (TPSA) is 143 Å². The van der Waals surface area contributed by atoms with Crippen LogP contribution in [0.2, 0.25) is 0 Å². The minimum Gasteiger partial charge on any atom is -0.443 e. The van der Waals surface area contributed by atoms with Crippen LogP contribution in [0.3, 0.4) is 0 Å². The second-order valence-corrected chi connectivity index (χ2v) is 10.6. The molecular weight excluding hydrogens is 497 g/mol. The van der Waals surface area contributed by atoms with Gasteiger partial charge >= 0.3 is 6.09 Å². The van der Waals surface area contributed by atoms with Gasteiger partial charge in [0.1, 0.15) is 34.7 Å². The molecule has 38 heavy (non-hydrogen) atoms. The van der Waals surface area contributed by atoms with Gasteiger partial charge in [0.2, 0.25) is 0 Å². The number of carbonyl (C=O) groups is 2. The van der Waals surface area contributed by atoms with E-state index in [1.165, 1.54) is 39.5 Å². The Hall–Kier alpha value is -4.00. The molecule has 12 nitrogen and oxygen atoms in total. The van der Waals surface area contributed by atoms with Crippen LogP contribution in [0.4, 0.5) is 26.5 Å². The molecule has 2 amide bonds. The number of rotatable bonds is 6. The molecule has 3 heterocycles. The summed E-state index contributed by atoms with van der Waals surface area (Å²) in [7, 11) is 1.49. The molecule has 0 saturated heterocycles. The summed E-state index contributed by atoms with van der Waals surface area (Å²) in [6.07, 6.45) is 2.05. The zero-order valence-electron chi connectivity index (χ0n) is 21.5. The first kappa shape index (κ1) is 25.6. The molecule has 3 aromatic heterocycles. The van der Waals surface area contributed by atoms with Crippen LogP contribution in [0.25, 0.3) is 5.65 Å². The Balaban J connectivity index is 1.55. The fraction of sp³-hybridized carbons (Fsp3) is 0.480. The van der Waals surface area contributed by atoms with Crippen molar-refractivity contribution < 1.29 is 23.8 Å². The number of anilines is 3. The van der Waals surface area contributed by atoms with Crippen LogP contribution < -0.4 is 21.1 Å². The normalized spacial score (nSPS) is 22.5. The van der Waals surface area contributed by atoms with Crippen LogP contribution >= 0.6 is 0 Å². The second-order valence-electron chi connectivity index (χ2n) is 10.6. The predicted octanol–water partition coefficient (Wildman–Crippen LogP) is 2.54. The number of nitrogens with one attached hydrogen (secondary N) is 2. The number of aliphatic hydroxyl groups is 1. The van der Waals surface area contributed by atoms with E-state index in [-0.39, 0.29) is 41.0 Å². The van der Waals surface area contributed by atoms with Crippen LogP contribution in [0.15, 0.2) is 35.4 Å². The Morgan fingerprint density at radius 2 is 2.03 bits per heavy atom. The summed E-state index contributed by atoms with van der Waals surface area (Å²) in [6.45, 7) is 5.21. The Morgan fingerprint density at radius 3 is 2.63 bits per heavy atom. The fourth-order valence-corrected chi connectivity index (χ4v) is 4.18. The zero-order valence-corrected chi connectivity index (χ0v) is 21.5. The van der Waals surface area contributed by atoms with Gasteiger partial charge < -0.3 is 25.0 Å². The van der Waals surface area contributed by atoms with Crippen molar-refractivity contribution in [2.24, 2.45) is 0 Å². The first-order chi connectivity index (χ1) is 17.9. The van der Waals surface area contributed by atoms with Crippen molar-refractivity contribution in [3.8, 4) is 0 Å². The van der Waals surface area contributed by atoms with E-state index in [0.717, 1.165) is 0 Å². The number of aromatic nitrogens is 4. The average Bonchev–Trinajstić information content (AvgIpc) is 3.41. The smallest absolute Gasteiger partial charge is 0.415 e. The summed E-state index contributed by atoms with van der Waals surface area (Å²) in [5, 5.41) is 19.9. The van der Waals surface area contributed by atoms with E-state index in [1.807, 2.05) is 0 Å². The molecule has 13 heteroatoms. The van der Waals surface area contributed by atoms with Crippen LogP contribution in [0.1, 0.15) is 56.4 Å². The maximum Gasteiger partial charge on any atom is 0.415 e. The molecule has 3 N–H and O–H groups in total. The van der Waals surface area contributed by atoms with Crippen LogP contribution in [-0.4, -0.2) is 67.2 Å². The monoisotopic (exact) mass is 527 g/mol. The third-order valence-corrected chi connectivity index (χ3v) is 6.54. The van der Waals surface area contributed by atoms with Gasteiger partial charge in [-0.25, -0.2) is 14.2 Å². The number of ether oxygens (including phenoxy) is 1. The fourth-order valence-electron chi connectivity index (χ4n) is 4.18. The minimum atomic E-state index is -1.06. The van der Waals surface area contributed by atoms with E-state index in [1.54, 1.807) is 32.9 Å². The first-order valence-corrected chi connectivity index (χ1v) is 12.4. The van der Waals surface area contributed by atoms with E-state index in [2.05, 4.69) is 20.7 Å². The second kappa shape index (κ2) is 9.39. The maximum atomic E-state index is 13.6. The number of aliphatic hydroxyl groups excluding tert-OH is 1. The molecule has 0 spiro atoms. The average molecular weight is 528 g/mol. The quantitative estimate of drug-likeness (QED) is 0.444. The molecule has 202 valence electrons. The van der Waals surface area contributed by atoms with Gasteiger partial charge in [0.15, 0.2) is 5.65 Å². The number of alkyl halides is 1. The number of carbonyl (C=O) groups excluding carboxylic acids is 2. The van der Waals surface area contributed by atoms with Crippen molar-refractivity contribution in [1.29, 1.82) is 0 Å². The number of halogens is 1. The maximum absolute atomic E-state index is 13.6. The molecule has 4 atom stereocenters. The van der Waals surface area contributed by atoms with E-state index in [9.17, 15) is 23.9 Å². The van der Waals surface area contributed by atoms with Gasteiger partial charge in [-0.1, -0.05) is 0 Å². The molecule has 2 saturated carbocycles. The van der Waals surface area contributed by atoms with Gasteiger partial charge in [0.25, 0.3) is 11.5 Å². The molecule has 2 fully saturated rings. The number of nitrogens with zero attached hydrogens (tertiary/aromatic N) is 5. The van der Waals surface area contributed by atoms with Gasteiger partial charge in [0.05, 0.1) is 24.4 Å². The highest BCUT2D eigenvalue weighted by Gasteiger charge is 2.40. The van der Waals surface area contributed by atoms with Crippen LogP contribution in [-0.2, 0) is 4.74 Å². The molecule has 3 aromatic rings. The molecule has 0 bridgehead atoms. The summed E-state index contributed by atoms with van der Waals surface area (Å²) in [5.74, 6) is -0.107. The summed E-state index contributed by atoms with van der Waals surface area (Å²) in [6, 6.07) is 3.79. The van der Waals surface area contributed by atoms with Gasteiger partial charge in [-0.2, -0.15) is 9.61 Å². The molecule has 0 aromatic carbocycles. The molecule has 0 aliphatic heterocycles. The lowest BCUT2D eigenvalue weighted by molar-refractivity contribution is 0.0448. The highest BCUT2D eigenvalue weighted by molar-refractivity contribution is 6.00. The molecular formula is C25H30FN7O5. The lowest BCUT2D eigenvalue weighted by atomic mass is 9.89. The Bertz CT molecular complexity index is 1460. The van der Waals surface area contributed by atoms with Gasteiger partial charge in [-0.3, -0.25) is 14.5 Å². The van der Waals surface area contributed by atoms with Gasteiger partial charge in [0, 0.05) is 25.7 Å². The van der Waals surface area contributed by atoms with E-state index >= 15 is 0 Å². The number of hydrogen-bond donors (Lipinski definition) is 3. The molecule has 2 aliphatic rings. The van der Waals surface area contributed by atoms with Crippen molar-refractivity contribution in [2.75, 3.05) is 17.3 Å². The van der Waals surface area contributed by atoms with Crippen molar-refractivity contribution in [3.05, 3.63) is 46.5 Å². The number of hydrogen-bond acceptors (Lipinski definition) is 8. The van der Waals surface area contributed by atoms with Crippen molar-refractivity contribution >= 4 is 35.0 Å². The largest absolute Gasteiger partial charge is 0.443 e. The zero-order chi connectivity index (χ0) is 27.4. The molecule has 2 aliphatic carbocycles. The summed E-state index contributed by atoms with van der Waals surface area (Å²) < 4.78 is 21.8. The number of fused-ring (bicyclic) bond motifs is 1. The standard InChI is InChI=1S/C25H30FN7O5/c1-25(2,3)38-24(37)31(4)20-11-19(28-16-6-5-9-32(23(16)36)17-10-14(17)26)30-21-13(12-27-33(20)21)22(35)29-15-7-8-18(15)34/h5-6,9,11-12,14-15,17-18,34H,7-8,10H2,1-4H3,(H,28,30)(H,29,35)/t14-,15-,17-,18+/m0/s1. The van der Waals surface area contributed by atoms with E-state index < -0.39 is 41.5 Å². The molecule has 0 unspecified atom stereocenters. The van der Waals surface area contributed by atoms with Crippen LogP contribution in [0, 0.1) is 0 Å². The highest BCUT2D eigenvalue weighted by Crippen LogP contribution is 2.38. The molecule has 0 radical (unpaired) electrons. The SMILES string of the molecule is CN(C(=O)OC(C)(C)C)c1cc(Nc2cccn([C@H]3C[C@@H]3F)c2=O)nc2c(C(=O)N[C@H]3CC[C@H]3O)cnn12. The van der Waals surface area contributed by atoms with Crippen molar-refractivity contribution in [2.45, 2.75) is 70.0 Å². The Morgan fingerprint density at radius 1 is 1.29 bits per heavy atom. The lowest BCUT2D eigenvalue weighted by Gasteiger charge is -2.32. The molecule has 5 rings (SSSR count). The van der Waals surface area contributed by atoms with Gasteiger partial charge in [-0.05, 0) is 45.7 Å². The Labute approximate surface area is 217 Å². The minimum absolute atomic E-state index is 0.119. The number of amides is 2. The number of pyridine rings is 1. The van der Waals surface area contributed by atoms with E-state index in [0.29, 0.717) is 12.8 Å². The predicted molar refractivity (Wildman–Crippen MR) is 137 cm³/mol. The van der Waals surface area contributed by atoms with Gasteiger partial charge in [-0.15, -0.1) is 0 Å². The summed E-state index contributed by atoms with van der Waals surface area (Å²) >= 11 is 0.